The summed E-state index contributed by atoms with van der Waals surface area (Å²) < 4.78 is 3.66. The van der Waals surface area contributed by atoms with Crippen molar-refractivity contribution in [1.82, 2.24) is 29.5 Å². The second kappa shape index (κ2) is 5.20. The van der Waals surface area contributed by atoms with Crippen LogP contribution in [0.2, 0.25) is 0 Å². The van der Waals surface area contributed by atoms with Crippen molar-refractivity contribution in [3.05, 3.63) is 54.6 Å². The Kier molecular flexibility index (Phi) is 3.04. The summed E-state index contributed by atoms with van der Waals surface area (Å²) in [6, 6.07) is 11.9. The standard InChI is InChI=1S/C16H15N7/c1-11-19-15(17)13-14(12-6-3-2-4-7-12)23(21-16(13)20-11)10-22-9-5-8-18-22/h2-9H,10H2,1H3,(H2,17,19,20,21). The minimum absolute atomic E-state index is 0.443. The molecule has 3 heterocycles. The molecule has 0 unspecified atom stereocenters. The number of nitrogens with two attached hydrogens (primary N) is 1. The maximum atomic E-state index is 6.16. The Hall–Kier alpha value is -3.22. The van der Waals surface area contributed by atoms with Crippen molar-refractivity contribution in [2.75, 3.05) is 5.73 Å². The molecule has 4 aromatic rings. The first-order chi connectivity index (χ1) is 11.2. The average molecular weight is 305 g/mol. The highest BCUT2D eigenvalue weighted by Crippen LogP contribution is 2.31. The van der Waals surface area contributed by atoms with E-state index >= 15 is 0 Å². The lowest BCUT2D eigenvalue weighted by atomic mass is 10.1. The van der Waals surface area contributed by atoms with E-state index in [0.29, 0.717) is 24.0 Å². The second-order valence-electron chi connectivity index (χ2n) is 5.26. The second-order valence-corrected chi connectivity index (χ2v) is 5.26. The summed E-state index contributed by atoms with van der Waals surface area (Å²) in [4.78, 5) is 8.71. The molecule has 0 radical (unpaired) electrons. The lowest BCUT2D eigenvalue weighted by Crippen LogP contribution is -2.11. The molecular formula is C16H15N7. The molecule has 0 atom stereocenters. The normalized spacial score (nSPS) is 11.2. The number of hydrogen-bond acceptors (Lipinski definition) is 5. The van der Waals surface area contributed by atoms with E-state index in [2.05, 4.69) is 20.2 Å². The lowest BCUT2D eigenvalue weighted by Gasteiger charge is -2.08. The van der Waals surface area contributed by atoms with E-state index in [1.807, 2.05) is 54.2 Å². The third kappa shape index (κ3) is 2.32. The van der Waals surface area contributed by atoms with E-state index in [0.717, 1.165) is 16.6 Å². The molecule has 114 valence electrons. The molecule has 23 heavy (non-hydrogen) atoms. The third-order valence-electron chi connectivity index (χ3n) is 3.63. The smallest absolute Gasteiger partial charge is 0.187 e. The van der Waals surface area contributed by atoms with Gasteiger partial charge in [-0.3, -0.25) is 4.68 Å². The van der Waals surface area contributed by atoms with Crippen molar-refractivity contribution >= 4 is 16.9 Å². The van der Waals surface area contributed by atoms with Crippen LogP contribution in [0.15, 0.2) is 48.8 Å². The van der Waals surface area contributed by atoms with Crippen LogP contribution in [-0.2, 0) is 6.67 Å². The molecule has 0 saturated heterocycles. The van der Waals surface area contributed by atoms with Crippen LogP contribution in [0, 0.1) is 6.92 Å². The fourth-order valence-electron chi connectivity index (χ4n) is 2.68. The van der Waals surface area contributed by atoms with Crippen LogP contribution >= 0.6 is 0 Å². The number of nitrogens with zero attached hydrogens (tertiary/aromatic N) is 6. The van der Waals surface area contributed by atoms with Crippen LogP contribution in [0.3, 0.4) is 0 Å². The Morgan fingerprint density at radius 1 is 1.09 bits per heavy atom. The van der Waals surface area contributed by atoms with Crippen LogP contribution < -0.4 is 5.73 Å². The monoisotopic (exact) mass is 305 g/mol. The molecular weight excluding hydrogens is 290 g/mol. The summed E-state index contributed by atoms with van der Waals surface area (Å²) >= 11 is 0. The molecule has 1 aromatic carbocycles. The predicted octanol–water partition coefficient (Wildman–Crippen LogP) is 2.09. The van der Waals surface area contributed by atoms with Gasteiger partial charge in [0.15, 0.2) is 5.65 Å². The third-order valence-corrected chi connectivity index (χ3v) is 3.63. The molecule has 0 spiro atoms. The molecule has 0 fully saturated rings. The van der Waals surface area contributed by atoms with Crippen molar-refractivity contribution in [3.63, 3.8) is 0 Å². The SMILES string of the molecule is Cc1nc(N)c2c(-c3ccccc3)n(Cn3cccn3)nc2n1. The van der Waals surface area contributed by atoms with E-state index < -0.39 is 0 Å². The summed E-state index contributed by atoms with van der Waals surface area (Å²) in [5.74, 6) is 1.05. The number of aromatic nitrogens is 6. The zero-order valence-corrected chi connectivity index (χ0v) is 12.6. The van der Waals surface area contributed by atoms with Crippen molar-refractivity contribution in [1.29, 1.82) is 0 Å². The van der Waals surface area contributed by atoms with Gasteiger partial charge in [0.2, 0.25) is 0 Å². The Labute approximate surface area is 132 Å². The Bertz CT molecular complexity index is 955. The van der Waals surface area contributed by atoms with E-state index in [9.17, 15) is 0 Å². The summed E-state index contributed by atoms with van der Waals surface area (Å²) in [7, 11) is 0. The molecule has 0 bridgehead atoms. The minimum atomic E-state index is 0.443. The summed E-state index contributed by atoms with van der Waals surface area (Å²) in [6.45, 7) is 2.29. The average Bonchev–Trinajstić information content (AvgIpc) is 3.16. The van der Waals surface area contributed by atoms with Gasteiger partial charge in [-0.2, -0.15) is 5.10 Å². The molecule has 3 aromatic heterocycles. The van der Waals surface area contributed by atoms with E-state index in [1.54, 1.807) is 10.9 Å². The van der Waals surface area contributed by atoms with Crippen molar-refractivity contribution in [3.8, 4) is 11.3 Å². The number of nitrogen functional groups attached to an aromatic ring is 1. The fraction of sp³-hybridized carbons (Fsp3) is 0.125. The van der Waals surface area contributed by atoms with Gasteiger partial charge in [0.1, 0.15) is 18.3 Å². The van der Waals surface area contributed by atoms with Crippen LogP contribution in [0.25, 0.3) is 22.3 Å². The Morgan fingerprint density at radius 3 is 2.65 bits per heavy atom. The lowest BCUT2D eigenvalue weighted by molar-refractivity contribution is 0.510. The van der Waals surface area contributed by atoms with Crippen LogP contribution in [0.4, 0.5) is 5.82 Å². The number of anilines is 1. The van der Waals surface area contributed by atoms with Crippen molar-refractivity contribution in [2.45, 2.75) is 13.6 Å². The molecule has 2 N–H and O–H groups in total. The first-order valence-electron chi connectivity index (χ1n) is 7.26. The van der Waals surface area contributed by atoms with Gasteiger partial charge >= 0.3 is 0 Å². The maximum Gasteiger partial charge on any atom is 0.187 e. The molecule has 0 saturated carbocycles. The number of rotatable bonds is 3. The van der Waals surface area contributed by atoms with Gasteiger partial charge in [-0.1, -0.05) is 30.3 Å². The first-order valence-corrected chi connectivity index (χ1v) is 7.26. The van der Waals surface area contributed by atoms with Gasteiger partial charge in [-0.25, -0.2) is 14.6 Å². The molecule has 7 heteroatoms. The highest BCUT2D eigenvalue weighted by molar-refractivity contribution is 5.98. The van der Waals surface area contributed by atoms with Gasteiger partial charge in [-0.15, -0.1) is 5.10 Å². The van der Waals surface area contributed by atoms with E-state index in [-0.39, 0.29) is 0 Å². The quantitative estimate of drug-likeness (QED) is 0.626. The molecule has 0 aliphatic rings. The number of hydrogen-bond donors (Lipinski definition) is 1. The minimum Gasteiger partial charge on any atom is -0.383 e. The van der Waals surface area contributed by atoms with Gasteiger partial charge in [-0.05, 0) is 13.0 Å². The maximum absolute atomic E-state index is 6.16. The largest absolute Gasteiger partial charge is 0.383 e. The van der Waals surface area contributed by atoms with Crippen LogP contribution in [0.5, 0.6) is 0 Å². The Morgan fingerprint density at radius 2 is 1.91 bits per heavy atom. The summed E-state index contributed by atoms with van der Waals surface area (Å²) in [6.07, 6.45) is 3.63. The van der Waals surface area contributed by atoms with Gasteiger partial charge in [0.05, 0.1) is 11.1 Å². The molecule has 0 amide bonds. The molecule has 0 aliphatic carbocycles. The van der Waals surface area contributed by atoms with Gasteiger partial charge < -0.3 is 5.73 Å². The van der Waals surface area contributed by atoms with Gasteiger partial charge in [0.25, 0.3) is 0 Å². The Balaban J connectivity index is 1.99. The molecule has 0 aliphatic heterocycles. The van der Waals surface area contributed by atoms with Crippen molar-refractivity contribution < 1.29 is 0 Å². The fourth-order valence-corrected chi connectivity index (χ4v) is 2.68. The highest BCUT2D eigenvalue weighted by Gasteiger charge is 2.18. The zero-order valence-electron chi connectivity index (χ0n) is 12.6. The van der Waals surface area contributed by atoms with Crippen molar-refractivity contribution in [2.24, 2.45) is 0 Å². The summed E-state index contributed by atoms with van der Waals surface area (Å²) in [5.41, 5.74) is 8.67. The first kappa shape index (κ1) is 13.4. The number of aryl methyl sites for hydroxylation is 1. The zero-order chi connectivity index (χ0) is 15.8. The van der Waals surface area contributed by atoms with E-state index in [4.69, 9.17) is 5.73 Å². The van der Waals surface area contributed by atoms with Crippen LogP contribution in [0.1, 0.15) is 5.82 Å². The highest BCUT2D eigenvalue weighted by atomic mass is 15.4. The molecule has 7 nitrogen and oxygen atoms in total. The van der Waals surface area contributed by atoms with Crippen LogP contribution in [-0.4, -0.2) is 29.5 Å². The van der Waals surface area contributed by atoms with E-state index in [1.165, 1.54) is 0 Å². The topological polar surface area (TPSA) is 87.4 Å². The van der Waals surface area contributed by atoms with Gasteiger partial charge in [0, 0.05) is 18.0 Å². The number of benzene rings is 1. The summed E-state index contributed by atoms with van der Waals surface area (Å²) in [5, 5.41) is 9.63. The predicted molar refractivity (Wildman–Crippen MR) is 87.5 cm³/mol. The number of fused-ring (bicyclic) bond motifs is 1. The molecule has 4 rings (SSSR count).